The standard InChI is InChI=1S/C17H26F3N5O2/c1-16(2,3)27-15(26)24(4)12-7-8-25(10-12)14(17(18,19)20)11-5-6-13(23-21)22-9-11/h5-6,9,12,14H,7-8,10,21H2,1-4H3,(H,22,23)/t12-,14?/m0/s1. The zero-order chi connectivity index (χ0) is 20.4. The molecule has 7 nitrogen and oxygen atoms in total. The summed E-state index contributed by atoms with van der Waals surface area (Å²) in [6.45, 7) is 5.53. The Kier molecular flexibility index (Phi) is 6.21. The highest BCUT2D eigenvalue weighted by molar-refractivity contribution is 5.68. The topological polar surface area (TPSA) is 83.7 Å². The van der Waals surface area contributed by atoms with Gasteiger partial charge in [-0.25, -0.2) is 15.6 Å². The van der Waals surface area contributed by atoms with Crippen LogP contribution in [0.4, 0.5) is 23.8 Å². The third-order valence-electron chi connectivity index (χ3n) is 4.35. The number of carbonyl (C=O) groups excluding carboxylic acids is 1. The summed E-state index contributed by atoms with van der Waals surface area (Å²) in [4.78, 5) is 18.8. The van der Waals surface area contributed by atoms with E-state index in [1.54, 1.807) is 27.8 Å². The predicted molar refractivity (Wildman–Crippen MR) is 94.8 cm³/mol. The number of hydrogen-bond acceptors (Lipinski definition) is 6. The summed E-state index contributed by atoms with van der Waals surface area (Å²) in [7, 11) is 1.55. The third-order valence-corrected chi connectivity index (χ3v) is 4.35. The van der Waals surface area contributed by atoms with Gasteiger partial charge in [0.2, 0.25) is 0 Å². The Hall–Kier alpha value is -2.07. The predicted octanol–water partition coefficient (Wildman–Crippen LogP) is 2.91. The summed E-state index contributed by atoms with van der Waals surface area (Å²) in [5.41, 5.74) is 1.66. The molecule has 0 radical (unpaired) electrons. The van der Waals surface area contributed by atoms with Gasteiger partial charge < -0.3 is 15.1 Å². The molecular formula is C17H26F3N5O2. The van der Waals surface area contributed by atoms with E-state index >= 15 is 0 Å². The van der Waals surface area contributed by atoms with Gasteiger partial charge in [0.25, 0.3) is 0 Å². The highest BCUT2D eigenvalue weighted by Gasteiger charge is 2.47. The number of hydrazine groups is 1. The maximum atomic E-state index is 13.7. The van der Waals surface area contributed by atoms with E-state index in [0.29, 0.717) is 6.42 Å². The Bertz CT molecular complexity index is 645. The van der Waals surface area contributed by atoms with Crippen LogP contribution in [-0.2, 0) is 4.74 Å². The number of halogens is 3. The smallest absolute Gasteiger partial charge is 0.410 e. The first kappa shape index (κ1) is 21.2. The van der Waals surface area contributed by atoms with Crippen LogP contribution in [-0.4, -0.2) is 58.8 Å². The molecule has 1 unspecified atom stereocenters. The molecule has 0 bridgehead atoms. The zero-order valence-electron chi connectivity index (χ0n) is 15.9. The second-order valence-electron chi connectivity index (χ2n) is 7.59. The van der Waals surface area contributed by atoms with Gasteiger partial charge >= 0.3 is 12.3 Å². The first-order valence-electron chi connectivity index (χ1n) is 8.61. The maximum Gasteiger partial charge on any atom is 0.410 e. The number of alkyl halides is 3. The molecule has 1 amide bonds. The van der Waals surface area contributed by atoms with E-state index in [9.17, 15) is 18.0 Å². The van der Waals surface area contributed by atoms with E-state index in [2.05, 4.69) is 10.4 Å². The second kappa shape index (κ2) is 7.89. The lowest BCUT2D eigenvalue weighted by Crippen LogP contribution is -2.43. The van der Waals surface area contributed by atoms with Crippen molar-refractivity contribution < 1.29 is 22.7 Å². The highest BCUT2D eigenvalue weighted by atomic mass is 19.4. The summed E-state index contributed by atoms with van der Waals surface area (Å²) in [5, 5.41) is 0. The first-order valence-corrected chi connectivity index (χ1v) is 8.61. The Labute approximate surface area is 156 Å². The average Bonchev–Trinajstić information content (AvgIpc) is 3.01. The number of anilines is 1. The number of nitrogen functional groups attached to an aromatic ring is 1. The van der Waals surface area contributed by atoms with Crippen LogP contribution < -0.4 is 11.3 Å². The van der Waals surface area contributed by atoms with Crippen LogP contribution in [0, 0.1) is 0 Å². The quantitative estimate of drug-likeness (QED) is 0.609. The van der Waals surface area contributed by atoms with Gasteiger partial charge in [-0.15, -0.1) is 0 Å². The Morgan fingerprint density at radius 2 is 2.07 bits per heavy atom. The fourth-order valence-electron chi connectivity index (χ4n) is 3.06. The molecule has 1 fully saturated rings. The molecule has 0 aliphatic carbocycles. The van der Waals surface area contributed by atoms with Crippen LogP contribution in [0.3, 0.4) is 0 Å². The van der Waals surface area contributed by atoms with Crippen molar-refractivity contribution in [2.75, 3.05) is 25.6 Å². The number of carbonyl (C=O) groups is 1. The number of nitrogens with two attached hydrogens (primary N) is 1. The van der Waals surface area contributed by atoms with Gasteiger partial charge in [-0.05, 0) is 38.8 Å². The van der Waals surface area contributed by atoms with Crippen molar-refractivity contribution in [3.63, 3.8) is 0 Å². The Morgan fingerprint density at radius 1 is 1.41 bits per heavy atom. The third kappa shape index (κ3) is 5.46. The molecule has 2 atom stereocenters. The molecule has 1 aromatic heterocycles. The van der Waals surface area contributed by atoms with E-state index in [-0.39, 0.29) is 30.5 Å². The number of pyridine rings is 1. The van der Waals surface area contributed by atoms with E-state index in [0.717, 1.165) is 6.20 Å². The van der Waals surface area contributed by atoms with E-state index in [1.807, 2.05) is 0 Å². The molecule has 0 saturated carbocycles. The SMILES string of the molecule is CN(C(=O)OC(C)(C)C)[C@H]1CCN(C(c2ccc(NN)nc2)C(F)(F)F)C1. The van der Waals surface area contributed by atoms with Gasteiger partial charge in [0.05, 0.1) is 0 Å². The van der Waals surface area contributed by atoms with Crippen LogP contribution >= 0.6 is 0 Å². The Morgan fingerprint density at radius 3 is 2.56 bits per heavy atom. The van der Waals surface area contributed by atoms with Crippen molar-refractivity contribution in [3.05, 3.63) is 23.9 Å². The van der Waals surface area contributed by atoms with Crippen molar-refractivity contribution in [1.82, 2.24) is 14.8 Å². The summed E-state index contributed by atoms with van der Waals surface area (Å²) in [5.74, 6) is 5.49. The molecule has 2 rings (SSSR count). The number of ether oxygens (including phenoxy) is 1. The van der Waals surface area contributed by atoms with E-state index < -0.39 is 23.9 Å². The summed E-state index contributed by atoms with van der Waals surface area (Å²) < 4.78 is 46.5. The molecule has 0 aromatic carbocycles. The van der Waals surface area contributed by atoms with Gasteiger partial charge in [-0.2, -0.15) is 13.2 Å². The van der Waals surface area contributed by atoms with Gasteiger partial charge in [-0.1, -0.05) is 6.07 Å². The normalized spacial score (nSPS) is 19.6. The Balaban J connectivity index is 2.14. The molecule has 0 spiro atoms. The number of likely N-dealkylation sites (tertiary alicyclic amines) is 1. The number of likely N-dealkylation sites (N-methyl/N-ethyl adjacent to an activating group) is 1. The molecule has 10 heteroatoms. The average molecular weight is 389 g/mol. The molecule has 1 aliphatic rings. The first-order chi connectivity index (χ1) is 12.4. The maximum absolute atomic E-state index is 13.7. The van der Waals surface area contributed by atoms with Gasteiger partial charge in [-0.3, -0.25) is 4.90 Å². The van der Waals surface area contributed by atoms with Crippen LogP contribution in [0.2, 0.25) is 0 Å². The van der Waals surface area contributed by atoms with Gasteiger partial charge in [0.15, 0.2) is 0 Å². The molecule has 27 heavy (non-hydrogen) atoms. The van der Waals surface area contributed by atoms with E-state index in [4.69, 9.17) is 10.6 Å². The zero-order valence-corrected chi connectivity index (χ0v) is 15.9. The second-order valence-corrected chi connectivity index (χ2v) is 7.59. The van der Waals surface area contributed by atoms with Crippen molar-refractivity contribution in [1.29, 1.82) is 0 Å². The minimum absolute atomic E-state index is 0.0297. The number of amides is 1. The van der Waals surface area contributed by atoms with Crippen molar-refractivity contribution in [3.8, 4) is 0 Å². The molecule has 3 N–H and O–H groups in total. The summed E-state index contributed by atoms with van der Waals surface area (Å²) >= 11 is 0. The molecule has 2 heterocycles. The van der Waals surface area contributed by atoms with Crippen LogP contribution in [0.1, 0.15) is 38.8 Å². The fraction of sp³-hybridized carbons (Fsp3) is 0.647. The molecule has 152 valence electrons. The molecule has 1 saturated heterocycles. The van der Waals surface area contributed by atoms with Crippen molar-refractivity contribution in [2.45, 2.75) is 51.1 Å². The summed E-state index contributed by atoms with van der Waals surface area (Å²) in [6, 6.07) is 0.594. The summed E-state index contributed by atoms with van der Waals surface area (Å²) in [6.07, 6.45) is -3.42. The lowest BCUT2D eigenvalue weighted by Gasteiger charge is -2.32. The largest absolute Gasteiger partial charge is 0.444 e. The minimum Gasteiger partial charge on any atom is -0.444 e. The number of rotatable bonds is 4. The van der Waals surface area contributed by atoms with Crippen LogP contribution in [0.5, 0.6) is 0 Å². The molecule has 1 aromatic rings. The van der Waals surface area contributed by atoms with E-state index in [1.165, 1.54) is 21.9 Å². The lowest BCUT2D eigenvalue weighted by atomic mass is 10.1. The highest BCUT2D eigenvalue weighted by Crippen LogP contribution is 2.39. The van der Waals surface area contributed by atoms with Gasteiger partial charge in [0.1, 0.15) is 17.5 Å². The number of hydrogen-bond donors (Lipinski definition) is 2. The molecular weight excluding hydrogens is 363 g/mol. The lowest BCUT2D eigenvalue weighted by molar-refractivity contribution is -0.184. The van der Waals surface area contributed by atoms with Crippen molar-refractivity contribution in [2.24, 2.45) is 5.84 Å². The monoisotopic (exact) mass is 389 g/mol. The van der Waals surface area contributed by atoms with Crippen LogP contribution in [0.15, 0.2) is 18.3 Å². The number of nitrogens with one attached hydrogen (secondary N) is 1. The molecule has 1 aliphatic heterocycles. The fourth-order valence-corrected chi connectivity index (χ4v) is 3.06. The van der Waals surface area contributed by atoms with Gasteiger partial charge in [0, 0.05) is 32.4 Å². The number of aromatic nitrogens is 1. The number of nitrogens with zero attached hydrogens (tertiary/aromatic N) is 3. The van der Waals surface area contributed by atoms with Crippen LogP contribution in [0.25, 0.3) is 0 Å². The van der Waals surface area contributed by atoms with Crippen molar-refractivity contribution >= 4 is 11.9 Å². The minimum atomic E-state index is -4.47.